The number of benzene rings is 2. The second-order valence-corrected chi connectivity index (χ2v) is 12.7. The van der Waals surface area contributed by atoms with Crippen molar-refractivity contribution in [1.29, 1.82) is 0 Å². The minimum absolute atomic E-state index is 0.00574. The molecule has 3 aliphatic carbocycles. The lowest BCUT2D eigenvalue weighted by atomic mass is 9.65. The van der Waals surface area contributed by atoms with E-state index >= 15 is 8.78 Å². The summed E-state index contributed by atoms with van der Waals surface area (Å²) in [5, 5.41) is 0. The van der Waals surface area contributed by atoms with E-state index < -0.39 is 30.0 Å². The fourth-order valence-electron chi connectivity index (χ4n) is 7.62. The predicted molar refractivity (Wildman–Crippen MR) is 146 cm³/mol. The van der Waals surface area contributed by atoms with Gasteiger partial charge in [0.2, 0.25) is 0 Å². The molecule has 5 rings (SSSR count). The Labute approximate surface area is 238 Å². The summed E-state index contributed by atoms with van der Waals surface area (Å²) in [6.45, 7) is 2.36. The molecular weight excluding hydrogens is 542 g/mol. The average molecular weight is 583 g/mol. The first kappa shape index (κ1) is 30.1. The van der Waals surface area contributed by atoms with E-state index in [2.05, 4.69) is 11.7 Å². The quantitative estimate of drug-likeness (QED) is 0.302. The molecular formula is C33H40F6O2. The molecule has 3 fully saturated rings. The van der Waals surface area contributed by atoms with Gasteiger partial charge in [-0.3, -0.25) is 0 Å². The van der Waals surface area contributed by atoms with Gasteiger partial charge in [0, 0.05) is 0 Å². The topological polar surface area (TPSA) is 18.5 Å². The fourth-order valence-corrected chi connectivity index (χ4v) is 7.62. The molecule has 0 radical (unpaired) electrons. The van der Waals surface area contributed by atoms with Crippen molar-refractivity contribution in [2.45, 2.75) is 96.4 Å². The molecule has 0 aromatic heterocycles. The first-order valence-corrected chi connectivity index (χ1v) is 15.2. The van der Waals surface area contributed by atoms with E-state index in [1.54, 1.807) is 0 Å². The number of rotatable bonds is 7. The molecule has 2 aromatic carbocycles. The molecule has 226 valence electrons. The van der Waals surface area contributed by atoms with E-state index in [9.17, 15) is 17.6 Å². The highest BCUT2D eigenvalue weighted by molar-refractivity contribution is 5.65. The highest BCUT2D eigenvalue weighted by Gasteiger charge is 2.45. The van der Waals surface area contributed by atoms with E-state index in [1.807, 2.05) is 0 Å². The Morgan fingerprint density at radius 1 is 0.585 bits per heavy atom. The van der Waals surface area contributed by atoms with Crippen molar-refractivity contribution >= 4 is 0 Å². The number of ether oxygens (including phenoxy) is 2. The van der Waals surface area contributed by atoms with Crippen LogP contribution in [-0.2, 0) is 0 Å². The molecule has 2 nitrogen and oxygen atoms in total. The first-order chi connectivity index (χ1) is 19.5. The minimum Gasteiger partial charge on any atom is -0.432 e. The summed E-state index contributed by atoms with van der Waals surface area (Å²) in [7, 11) is 0. The van der Waals surface area contributed by atoms with Crippen molar-refractivity contribution in [3.05, 3.63) is 48.3 Å². The van der Waals surface area contributed by atoms with Gasteiger partial charge in [-0.1, -0.05) is 38.0 Å². The number of halogens is 6. The number of hydrogen-bond acceptors (Lipinski definition) is 2. The van der Waals surface area contributed by atoms with Crippen LogP contribution >= 0.6 is 0 Å². The lowest BCUT2D eigenvalue weighted by Crippen LogP contribution is -2.38. The van der Waals surface area contributed by atoms with Gasteiger partial charge in [-0.25, -0.2) is 4.39 Å². The van der Waals surface area contributed by atoms with Gasteiger partial charge in [0.25, 0.3) is 0 Å². The summed E-state index contributed by atoms with van der Waals surface area (Å²) in [5.41, 5.74) is 0.738. The summed E-state index contributed by atoms with van der Waals surface area (Å²) in [6, 6.07) is 8.77. The van der Waals surface area contributed by atoms with Crippen LogP contribution < -0.4 is 9.47 Å². The van der Waals surface area contributed by atoms with Gasteiger partial charge in [0.05, 0.1) is 5.92 Å². The van der Waals surface area contributed by atoms with Crippen LogP contribution in [0.15, 0.2) is 42.5 Å². The monoisotopic (exact) mass is 582 g/mol. The summed E-state index contributed by atoms with van der Waals surface area (Å²) >= 11 is 0. The normalized spacial score (nSPS) is 29.6. The molecule has 0 saturated heterocycles. The molecule has 0 heterocycles. The number of hydrogen-bond donors (Lipinski definition) is 0. The van der Waals surface area contributed by atoms with Gasteiger partial charge in [-0.05, 0) is 129 Å². The van der Waals surface area contributed by atoms with Crippen LogP contribution in [0.1, 0.15) is 84.0 Å². The largest absolute Gasteiger partial charge is 0.573 e. The molecule has 3 aliphatic rings. The van der Waals surface area contributed by atoms with E-state index in [1.165, 1.54) is 81.7 Å². The molecule has 3 saturated carbocycles. The van der Waals surface area contributed by atoms with Crippen LogP contribution in [0.5, 0.6) is 11.5 Å². The summed E-state index contributed by atoms with van der Waals surface area (Å²) in [4.78, 5) is 0. The van der Waals surface area contributed by atoms with E-state index in [4.69, 9.17) is 4.74 Å². The number of alkyl halides is 5. The molecule has 0 spiro atoms. The third-order valence-corrected chi connectivity index (χ3v) is 10.1. The van der Waals surface area contributed by atoms with E-state index in [0.717, 1.165) is 42.7 Å². The van der Waals surface area contributed by atoms with Crippen molar-refractivity contribution in [2.24, 2.45) is 35.5 Å². The van der Waals surface area contributed by atoms with Crippen molar-refractivity contribution in [3.8, 4) is 22.6 Å². The molecule has 0 amide bonds. The Bertz CT molecular complexity index is 1120. The SMILES string of the molecule is CC1CCC(C2CCC(C3CCC(C(F)(F)Oc4ccc(-c5ccc(OC(F)(F)F)c(F)c5)cc4)CC3)CC2)CC1. The maximum atomic E-state index is 15.1. The Morgan fingerprint density at radius 3 is 1.54 bits per heavy atom. The molecule has 0 bridgehead atoms. The minimum atomic E-state index is -5.00. The standard InChI is InChI=1S/C33H40F6O2/c1-21-2-4-22(5-3-21)23-6-8-24(9-7-23)25-10-15-28(16-11-25)32(35,36)40-29-17-12-26(13-18-29)27-14-19-31(30(34)20-27)41-33(37,38)39/h12-14,17-25,28H,2-11,15-16H2,1H3. The Kier molecular flexibility index (Phi) is 9.15. The van der Waals surface area contributed by atoms with Gasteiger partial charge in [-0.2, -0.15) is 8.78 Å². The molecule has 2 aromatic rings. The summed E-state index contributed by atoms with van der Waals surface area (Å²) < 4.78 is 90.3. The predicted octanol–water partition coefficient (Wildman–Crippen LogP) is 10.8. The molecule has 0 aliphatic heterocycles. The van der Waals surface area contributed by atoms with Crippen molar-refractivity contribution < 1.29 is 35.8 Å². The van der Waals surface area contributed by atoms with Crippen molar-refractivity contribution in [2.75, 3.05) is 0 Å². The third kappa shape index (κ3) is 7.72. The van der Waals surface area contributed by atoms with E-state index in [-0.39, 0.29) is 11.3 Å². The lowest BCUT2D eigenvalue weighted by molar-refractivity contribution is -0.275. The summed E-state index contributed by atoms with van der Waals surface area (Å²) in [5.74, 6) is 0.877. The third-order valence-electron chi connectivity index (χ3n) is 10.1. The van der Waals surface area contributed by atoms with Gasteiger partial charge < -0.3 is 9.47 Å². The highest BCUT2D eigenvalue weighted by Crippen LogP contribution is 2.48. The van der Waals surface area contributed by atoms with Crippen molar-refractivity contribution in [1.82, 2.24) is 0 Å². The second-order valence-electron chi connectivity index (χ2n) is 12.7. The molecule has 0 unspecified atom stereocenters. The maximum Gasteiger partial charge on any atom is 0.573 e. The zero-order valence-electron chi connectivity index (χ0n) is 23.6. The van der Waals surface area contributed by atoms with Gasteiger partial charge in [0.1, 0.15) is 5.75 Å². The van der Waals surface area contributed by atoms with Crippen molar-refractivity contribution in [3.63, 3.8) is 0 Å². The lowest BCUT2D eigenvalue weighted by Gasteiger charge is -2.41. The second kappa shape index (κ2) is 12.5. The van der Waals surface area contributed by atoms with Crippen LogP contribution in [0.2, 0.25) is 0 Å². The van der Waals surface area contributed by atoms with Crippen LogP contribution in [0.3, 0.4) is 0 Å². The van der Waals surface area contributed by atoms with Gasteiger partial charge in [0.15, 0.2) is 11.6 Å². The maximum absolute atomic E-state index is 15.1. The molecule has 0 atom stereocenters. The van der Waals surface area contributed by atoms with Crippen LogP contribution in [0, 0.1) is 41.3 Å². The molecule has 8 heteroatoms. The van der Waals surface area contributed by atoms with Crippen LogP contribution in [0.4, 0.5) is 26.3 Å². The fraction of sp³-hybridized carbons (Fsp3) is 0.636. The molecule has 0 N–H and O–H groups in total. The van der Waals surface area contributed by atoms with Crippen LogP contribution in [0.25, 0.3) is 11.1 Å². The highest BCUT2D eigenvalue weighted by atomic mass is 19.4. The summed E-state index contributed by atoms with van der Waals surface area (Å²) in [6.07, 6.45) is 4.82. The van der Waals surface area contributed by atoms with Crippen LogP contribution in [-0.4, -0.2) is 12.5 Å². The zero-order chi connectivity index (χ0) is 29.2. The molecule has 41 heavy (non-hydrogen) atoms. The first-order valence-electron chi connectivity index (χ1n) is 15.2. The van der Waals surface area contributed by atoms with Gasteiger partial charge >= 0.3 is 12.5 Å². The van der Waals surface area contributed by atoms with E-state index in [0.29, 0.717) is 30.2 Å². The zero-order valence-corrected chi connectivity index (χ0v) is 23.6. The smallest absolute Gasteiger partial charge is 0.432 e. The van der Waals surface area contributed by atoms with Gasteiger partial charge in [-0.15, -0.1) is 13.2 Å². The Hall–Kier alpha value is -2.38. The Balaban J connectivity index is 1.10. The Morgan fingerprint density at radius 2 is 1.05 bits per heavy atom. The average Bonchev–Trinajstić information content (AvgIpc) is 2.94.